The van der Waals surface area contributed by atoms with Crippen LogP contribution in [0.2, 0.25) is 0 Å². The van der Waals surface area contributed by atoms with E-state index in [0.717, 1.165) is 0 Å². The normalized spacial score (nSPS) is 11.7. The molecule has 1 aromatic carbocycles. The zero-order chi connectivity index (χ0) is 17.5. The van der Waals surface area contributed by atoms with E-state index in [9.17, 15) is 23.3 Å². The summed E-state index contributed by atoms with van der Waals surface area (Å²) < 4.78 is 26.7. The molecule has 0 heterocycles. The van der Waals surface area contributed by atoms with E-state index >= 15 is 0 Å². The summed E-state index contributed by atoms with van der Waals surface area (Å²) in [5.74, 6) is 0.127. The first-order chi connectivity index (χ1) is 10.8. The molecule has 0 aromatic heterocycles. The minimum Gasteiger partial charge on any atom is -0.359 e. The Kier molecular flexibility index (Phi) is 7.11. The minimum atomic E-state index is -3.73. The van der Waals surface area contributed by atoms with Crippen molar-refractivity contribution in [3.63, 3.8) is 0 Å². The van der Waals surface area contributed by atoms with E-state index in [1.54, 1.807) is 0 Å². The van der Waals surface area contributed by atoms with Gasteiger partial charge < -0.3 is 5.32 Å². The summed E-state index contributed by atoms with van der Waals surface area (Å²) in [4.78, 5) is 20.3. The Morgan fingerprint density at radius 1 is 1.30 bits per heavy atom. The summed E-state index contributed by atoms with van der Waals surface area (Å²) in [5, 5.41) is 13.1. The van der Waals surface area contributed by atoms with E-state index in [1.807, 2.05) is 13.8 Å². The summed E-state index contributed by atoms with van der Waals surface area (Å²) in [6.07, 6.45) is 1.05. The second-order valence-electron chi connectivity index (χ2n) is 5.43. The van der Waals surface area contributed by atoms with Crippen LogP contribution in [-0.4, -0.2) is 43.7 Å². The number of non-ortho nitro benzene ring substituents is 1. The average Bonchev–Trinajstić information content (AvgIpc) is 2.50. The topological polar surface area (TPSA) is 110 Å². The highest BCUT2D eigenvalue weighted by Gasteiger charge is 2.25. The Bertz CT molecular complexity index is 628. The van der Waals surface area contributed by atoms with E-state index in [0.29, 0.717) is 25.9 Å². The molecule has 0 aliphatic rings. The Balaban J connectivity index is 2.96. The molecule has 1 aromatic rings. The number of carbonyl (C=O) groups is 1. The lowest BCUT2D eigenvalue weighted by Gasteiger charge is -2.24. The van der Waals surface area contributed by atoms with Gasteiger partial charge in [0.1, 0.15) is 0 Å². The van der Waals surface area contributed by atoms with Crippen LogP contribution >= 0.6 is 0 Å². The van der Waals surface area contributed by atoms with Crippen molar-refractivity contribution in [3.05, 3.63) is 34.4 Å². The van der Waals surface area contributed by atoms with Crippen molar-refractivity contribution >= 4 is 22.1 Å². The molecular formula is C14H21N3O5S. The number of hydrogen-bond donors (Lipinski definition) is 1. The van der Waals surface area contributed by atoms with E-state index in [2.05, 4.69) is 5.32 Å². The van der Waals surface area contributed by atoms with Gasteiger partial charge in [0.2, 0.25) is 16.4 Å². The van der Waals surface area contributed by atoms with Gasteiger partial charge in [0.25, 0.3) is 5.69 Å². The van der Waals surface area contributed by atoms with Gasteiger partial charge in [0.15, 0.2) is 0 Å². The Hall–Kier alpha value is -2.00. The summed E-state index contributed by atoms with van der Waals surface area (Å²) in [6, 6.07) is 4.83. The molecule has 23 heavy (non-hydrogen) atoms. The van der Waals surface area contributed by atoms with Gasteiger partial charge in [-0.3, -0.25) is 14.9 Å². The van der Waals surface area contributed by atoms with Gasteiger partial charge in [-0.25, -0.2) is 8.42 Å². The zero-order valence-electron chi connectivity index (χ0n) is 13.1. The number of sulfonamides is 1. The molecule has 0 fully saturated rings. The number of hydrogen-bond acceptors (Lipinski definition) is 5. The van der Waals surface area contributed by atoms with Crippen molar-refractivity contribution in [1.29, 1.82) is 0 Å². The summed E-state index contributed by atoms with van der Waals surface area (Å²) in [7, 11) is -3.73. The lowest BCUT2D eigenvalue weighted by molar-refractivity contribution is -0.384. The third-order valence-corrected chi connectivity index (χ3v) is 4.95. The van der Waals surface area contributed by atoms with Crippen molar-refractivity contribution < 1.29 is 18.1 Å². The van der Waals surface area contributed by atoms with Crippen LogP contribution in [0, 0.1) is 16.0 Å². The van der Waals surface area contributed by atoms with Crippen LogP contribution < -0.4 is 5.32 Å². The lowest BCUT2D eigenvalue weighted by Crippen LogP contribution is -2.36. The number of benzene rings is 1. The maximum absolute atomic E-state index is 12.7. The van der Waals surface area contributed by atoms with E-state index in [4.69, 9.17) is 0 Å². The molecule has 0 saturated heterocycles. The van der Waals surface area contributed by atoms with Crippen molar-refractivity contribution in [2.24, 2.45) is 5.92 Å². The van der Waals surface area contributed by atoms with Crippen molar-refractivity contribution in [3.8, 4) is 0 Å². The number of carbonyl (C=O) groups excluding carboxylic acids is 1. The number of nitro groups is 1. The van der Waals surface area contributed by atoms with Crippen LogP contribution in [0.15, 0.2) is 29.2 Å². The zero-order valence-corrected chi connectivity index (χ0v) is 14.0. The van der Waals surface area contributed by atoms with Gasteiger partial charge >= 0.3 is 0 Å². The molecule has 0 spiro atoms. The van der Waals surface area contributed by atoms with E-state index < -0.39 is 14.9 Å². The molecule has 0 aliphatic carbocycles. The van der Waals surface area contributed by atoms with Crippen molar-refractivity contribution in [2.45, 2.75) is 25.2 Å². The van der Waals surface area contributed by atoms with E-state index in [1.165, 1.54) is 28.6 Å². The first-order valence-corrected chi connectivity index (χ1v) is 8.64. The standard InChI is InChI=1S/C14H21N3O5S/c1-12(2)10-16(9-3-8-15-11-18)23(21,22)14-6-4-13(5-7-14)17(19)20/h4-7,11-12H,3,8-10H2,1-2H3,(H,15,18). The third-order valence-electron chi connectivity index (χ3n) is 3.07. The molecule has 0 unspecified atom stereocenters. The minimum absolute atomic E-state index is 0.0205. The molecule has 1 N–H and O–H groups in total. The summed E-state index contributed by atoms with van der Waals surface area (Å²) in [5.41, 5.74) is -0.158. The van der Waals surface area contributed by atoms with Gasteiger partial charge in [-0.2, -0.15) is 4.31 Å². The van der Waals surface area contributed by atoms with Gasteiger partial charge in [0.05, 0.1) is 9.82 Å². The summed E-state index contributed by atoms with van der Waals surface area (Å²) in [6.45, 7) is 4.79. The lowest BCUT2D eigenvalue weighted by atomic mass is 10.2. The third kappa shape index (κ3) is 5.61. The summed E-state index contributed by atoms with van der Waals surface area (Å²) >= 11 is 0. The van der Waals surface area contributed by atoms with Gasteiger partial charge in [0, 0.05) is 31.8 Å². The van der Waals surface area contributed by atoms with Crippen LogP contribution in [-0.2, 0) is 14.8 Å². The molecule has 0 aliphatic heterocycles. The number of nitrogens with one attached hydrogen (secondary N) is 1. The Labute approximate surface area is 135 Å². The maximum atomic E-state index is 12.7. The van der Waals surface area contributed by atoms with Crippen LogP contribution in [0.1, 0.15) is 20.3 Å². The predicted molar refractivity (Wildman–Crippen MR) is 85.4 cm³/mol. The van der Waals surface area contributed by atoms with Crippen LogP contribution in [0.25, 0.3) is 0 Å². The Morgan fingerprint density at radius 2 is 1.91 bits per heavy atom. The maximum Gasteiger partial charge on any atom is 0.269 e. The molecule has 128 valence electrons. The highest BCUT2D eigenvalue weighted by Crippen LogP contribution is 2.20. The largest absolute Gasteiger partial charge is 0.359 e. The molecule has 9 heteroatoms. The molecule has 1 rings (SSSR count). The van der Waals surface area contributed by atoms with Gasteiger partial charge in [-0.05, 0) is 24.5 Å². The monoisotopic (exact) mass is 343 g/mol. The average molecular weight is 343 g/mol. The molecule has 1 amide bonds. The molecule has 0 atom stereocenters. The number of nitrogens with zero attached hydrogens (tertiary/aromatic N) is 2. The SMILES string of the molecule is CC(C)CN(CCCNC=O)S(=O)(=O)c1ccc([N+](=O)[O-])cc1. The Morgan fingerprint density at radius 3 is 2.39 bits per heavy atom. The highest BCUT2D eigenvalue weighted by atomic mass is 32.2. The van der Waals surface area contributed by atoms with Crippen LogP contribution in [0.4, 0.5) is 5.69 Å². The van der Waals surface area contributed by atoms with E-state index in [-0.39, 0.29) is 23.0 Å². The van der Waals surface area contributed by atoms with Gasteiger partial charge in [-0.1, -0.05) is 13.8 Å². The molecule has 0 radical (unpaired) electrons. The first-order valence-electron chi connectivity index (χ1n) is 7.20. The second kappa shape index (κ2) is 8.59. The van der Waals surface area contributed by atoms with Crippen molar-refractivity contribution in [2.75, 3.05) is 19.6 Å². The van der Waals surface area contributed by atoms with Crippen LogP contribution in [0.5, 0.6) is 0 Å². The fourth-order valence-corrected chi connectivity index (χ4v) is 3.66. The quantitative estimate of drug-likeness (QED) is 0.299. The second-order valence-corrected chi connectivity index (χ2v) is 7.37. The fraction of sp³-hybridized carbons (Fsp3) is 0.500. The fourth-order valence-electron chi connectivity index (χ4n) is 2.02. The highest BCUT2D eigenvalue weighted by molar-refractivity contribution is 7.89. The molecule has 0 saturated carbocycles. The smallest absolute Gasteiger partial charge is 0.269 e. The first kappa shape index (κ1) is 19.0. The number of rotatable bonds is 10. The van der Waals surface area contributed by atoms with Gasteiger partial charge in [-0.15, -0.1) is 0 Å². The van der Waals surface area contributed by atoms with Crippen LogP contribution in [0.3, 0.4) is 0 Å². The predicted octanol–water partition coefficient (Wildman–Crippen LogP) is 1.38. The van der Waals surface area contributed by atoms with Crippen molar-refractivity contribution in [1.82, 2.24) is 9.62 Å². The number of amides is 1. The molecular weight excluding hydrogens is 322 g/mol. The molecule has 0 bridgehead atoms. The number of nitro benzene ring substituents is 1. The molecule has 8 nitrogen and oxygen atoms in total.